The predicted octanol–water partition coefficient (Wildman–Crippen LogP) is 2.63. The molecule has 2 saturated heterocycles. The van der Waals surface area contributed by atoms with Crippen LogP contribution < -0.4 is 4.90 Å². The van der Waals surface area contributed by atoms with Gasteiger partial charge in [-0.15, -0.1) is 0 Å². The fourth-order valence-electron chi connectivity index (χ4n) is 4.88. The van der Waals surface area contributed by atoms with E-state index in [0.717, 1.165) is 23.8 Å². The molecule has 7 heteroatoms. The molecule has 3 aliphatic heterocycles. The minimum Gasteiger partial charge on any atom is -0.325 e. The number of rotatable bonds is 4. The summed E-state index contributed by atoms with van der Waals surface area (Å²) in [6, 6.07) is 15.7. The Morgan fingerprint density at radius 2 is 1.71 bits per heavy atom. The second-order valence-electron chi connectivity index (χ2n) is 8.60. The number of carbonyl (C=O) groups excluding carboxylic acids is 2. The number of fused-ring (bicyclic) bond motifs is 3. The van der Waals surface area contributed by atoms with E-state index in [4.69, 9.17) is 4.99 Å². The van der Waals surface area contributed by atoms with Crippen molar-refractivity contribution >= 4 is 23.6 Å². The lowest BCUT2D eigenvalue weighted by Gasteiger charge is -2.40. The summed E-state index contributed by atoms with van der Waals surface area (Å²) in [6.07, 6.45) is 0.170. The summed E-state index contributed by atoms with van der Waals surface area (Å²) in [4.78, 5) is 38.5. The van der Waals surface area contributed by atoms with Crippen molar-refractivity contribution in [2.75, 3.05) is 31.6 Å². The number of amides is 3. The van der Waals surface area contributed by atoms with Gasteiger partial charge in [0, 0.05) is 32.4 Å². The zero-order chi connectivity index (χ0) is 21.7. The van der Waals surface area contributed by atoms with Crippen molar-refractivity contribution in [3.05, 3.63) is 65.2 Å². The van der Waals surface area contributed by atoms with Gasteiger partial charge in [-0.1, -0.05) is 36.4 Å². The summed E-state index contributed by atoms with van der Waals surface area (Å²) in [6.45, 7) is 6.04. The quantitative estimate of drug-likeness (QED) is 0.767. The van der Waals surface area contributed by atoms with Gasteiger partial charge in [0.1, 0.15) is 0 Å². The average Bonchev–Trinajstić information content (AvgIpc) is 3.31. The Morgan fingerprint density at radius 1 is 1.00 bits per heavy atom. The largest absolute Gasteiger partial charge is 0.328 e. The molecule has 2 fully saturated rings. The van der Waals surface area contributed by atoms with Crippen molar-refractivity contribution < 1.29 is 9.59 Å². The number of hydrogen-bond donors (Lipinski definition) is 0. The molecular formula is C24H27N5O2. The van der Waals surface area contributed by atoms with Gasteiger partial charge < -0.3 is 14.7 Å². The maximum Gasteiger partial charge on any atom is 0.328 e. The van der Waals surface area contributed by atoms with Gasteiger partial charge in [0.05, 0.1) is 0 Å². The molecule has 2 aromatic rings. The Labute approximate surface area is 182 Å². The summed E-state index contributed by atoms with van der Waals surface area (Å²) in [5.41, 5.74) is 4.58. The highest BCUT2D eigenvalue weighted by Crippen LogP contribution is 2.34. The van der Waals surface area contributed by atoms with Crippen LogP contribution in [0, 0.1) is 13.8 Å². The Morgan fingerprint density at radius 3 is 2.42 bits per heavy atom. The lowest BCUT2D eigenvalue weighted by atomic mass is 10.1. The number of aliphatic imine (C=N–C) groups is 1. The van der Waals surface area contributed by atoms with Crippen LogP contribution >= 0.6 is 0 Å². The molecule has 5 rings (SSSR count). The Bertz CT molecular complexity index is 1050. The predicted molar refractivity (Wildman–Crippen MR) is 120 cm³/mol. The average molecular weight is 418 g/mol. The molecule has 2 unspecified atom stereocenters. The van der Waals surface area contributed by atoms with Crippen LogP contribution in [0.15, 0.2) is 53.5 Å². The number of urea groups is 1. The van der Waals surface area contributed by atoms with E-state index >= 15 is 0 Å². The van der Waals surface area contributed by atoms with Gasteiger partial charge in [-0.05, 0) is 49.1 Å². The van der Waals surface area contributed by atoms with E-state index in [1.807, 2.05) is 30.3 Å². The van der Waals surface area contributed by atoms with Crippen LogP contribution in [0.4, 0.5) is 10.5 Å². The Balaban J connectivity index is 1.40. The molecule has 3 aliphatic rings. The van der Waals surface area contributed by atoms with Crippen LogP contribution in [0.5, 0.6) is 0 Å². The van der Waals surface area contributed by atoms with E-state index in [-0.39, 0.29) is 11.9 Å². The van der Waals surface area contributed by atoms with E-state index in [1.165, 1.54) is 16.0 Å². The van der Waals surface area contributed by atoms with Crippen molar-refractivity contribution in [2.24, 2.45) is 4.99 Å². The van der Waals surface area contributed by atoms with E-state index < -0.39 is 12.2 Å². The van der Waals surface area contributed by atoms with Gasteiger partial charge in [0.15, 0.2) is 12.2 Å². The molecule has 2 aromatic carbocycles. The molecule has 0 radical (unpaired) electrons. The maximum absolute atomic E-state index is 13.4. The van der Waals surface area contributed by atoms with Crippen molar-refractivity contribution in [3.8, 4) is 0 Å². The first-order valence-corrected chi connectivity index (χ1v) is 10.8. The number of benzene rings is 2. The molecular weight excluding hydrogens is 390 g/mol. The van der Waals surface area contributed by atoms with Crippen molar-refractivity contribution in [3.63, 3.8) is 0 Å². The Kier molecular flexibility index (Phi) is 4.68. The lowest BCUT2D eigenvalue weighted by molar-refractivity contribution is -0.137. The molecule has 2 atom stereocenters. The number of nitrogens with zero attached hydrogens (tertiary/aromatic N) is 5. The van der Waals surface area contributed by atoms with Gasteiger partial charge >= 0.3 is 6.03 Å². The molecule has 0 aliphatic carbocycles. The van der Waals surface area contributed by atoms with Crippen molar-refractivity contribution in [1.82, 2.24) is 14.7 Å². The first kappa shape index (κ1) is 19.6. The summed E-state index contributed by atoms with van der Waals surface area (Å²) < 4.78 is 0. The second kappa shape index (κ2) is 7.41. The molecule has 7 nitrogen and oxygen atoms in total. The topological polar surface area (TPSA) is 59.5 Å². The number of likely N-dealkylation sites (N-methyl/N-ethyl adjacent to an activating group) is 1. The number of hydrogen-bond acceptors (Lipinski definition) is 5. The standard InChI is InChI=1S/C24H27N5O2/c1-16-13-17(2)15-19(14-16)27-11-12-28-20-21(25-23(27)28)26(3)24(31)29(22(20)30)10-9-18-7-5-4-6-8-18/h4-8,13-15,20-21H,9-12H2,1-3H3. The zero-order valence-corrected chi connectivity index (χ0v) is 18.2. The lowest BCUT2D eigenvalue weighted by Crippen LogP contribution is -2.65. The van der Waals surface area contributed by atoms with Crippen LogP contribution in [0.2, 0.25) is 0 Å². The molecule has 3 amide bonds. The van der Waals surface area contributed by atoms with Crippen LogP contribution in [0.1, 0.15) is 16.7 Å². The van der Waals surface area contributed by atoms with Crippen LogP contribution in [-0.4, -0.2) is 71.5 Å². The van der Waals surface area contributed by atoms with Gasteiger partial charge in [0.25, 0.3) is 5.91 Å². The Hall–Kier alpha value is -3.35. The minimum absolute atomic E-state index is 0.148. The van der Waals surface area contributed by atoms with Crippen LogP contribution in [0.3, 0.4) is 0 Å². The van der Waals surface area contributed by atoms with Gasteiger partial charge in [-0.3, -0.25) is 9.69 Å². The molecule has 0 saturated carbocycles. The van der Waals surface area contributed by atoms with E-state index in [9.17, 15) is 9.59 Å². The second-order valence-corrected chi connectivity index (χ2v) is 8.60. The summed E-state index contributed by atoms with van der Waals surface area (Å²) in [7, 11) is 1.75. The highest BCUT2D eigenvalue weighted by molar-refractivity contribution is 6.08. The summed E-state index contributed by atoms with van der Waals surface area (Å²) >= 11 is 0. The van der Waals surface area contributed by atoms with E-state index in [2.05, 4.69) is 41.8 Å². The molecule has 31 heavy (non-hydrogen) atoms. The maximum atomic E-state index is 13.4. The summed E-state index contributed by atoms with van der Waals surface area (Å²) in [5, 5.41) is 0. The zero-order valence-electron chi connectivity index (χ0n) is 18.2. The van der Waals surface area contributed by atoms with Gasteiger partial charge in [-0.2, -0.15) is 0 Å². The van der Waals surface area contributed by atoms with Crippen molar-refractivity contribution in [1.29, 1.82) is 0 Å². The smallest absolute Gasteiger partial charge is 0.325 e. The fourth-order valence-corrected chi connectivity index (χ4v) is 4.88. The fraction of sp³-hybridized carbons (Fsp3) is 0.375. The van der Waals surface area contributed by atoms with Gasteiger partial charge in [-0.25, -0.2) is 9.79 Å². The number of guanidine groups is 1. The highest BCUT2D eigenvalue weighted by Gasteiger charge is 2.54. The third-order valence-corrected chi connectivity index (χ3v) is 6.36. The molecule has 0 aromatic heterocycles. The highest BCUT2D eigenvalue weighted by atomic mass is 16.2. The van der Waals surface area contributed by atoms with Crippen molar-refractivity contribution in [2.45, 2.75) is 32.5 Å². The number of imide groups is 1. The first-order chi connectivity index (χ1) is 14.9. The van der Waals surface area contributed by atoms with E-state index in [1.54, 1.807) is 11.9 Å². The normalized spacial score (nSPS) is 22.7. The third-order valence-electron chi connectivity index (χ3n) is 6.36. The van der Waals surface area contributed by atoms with Crippen LogP contribution in [-0.2, 0) is 11.2 Å². The molecule has 160 valence electrons. The van der Waals surface area contributed by atoms with E-state index in [0.29, 0.717) is 19.5 Å². The molecule has 3 heterocycles. The third kappa shape index (κ3) is 3.24. The first-order valence-electron chi connectivity index (χ1n) is 10.8. The molecule has 0 spiro atoms. The van der Waals surface area contributed by atoms with Gasteiger partial charge in [0.2, 0.25) is 5.96 Å². The SMILES string of the molecule is Cc1cc(C)cc(N2CCN3C2=NC2C3C(=O)N(CCc3ccccc3)C(=O)N2C)c1. The number of aryl methyl sites for hydroxylation is 2. The number of anilines is 1. The monoisotopic (exact) mass is 417 g/mol. The minimum atomic E-state index is -0.475. The molecule has 0 bridgehead atoms. The number of carbonyl (C=O) groups is 2. The van der Waals surface area contributed by atoms with Crippen LogP contribution in [0.25, 0.3) is 0 Å². The molecule has 0 N–H and O–H groups in total. The summed E-state index contributed by atoms with van der Waals surface area (Å²) in [5.74, 6) is 0.642.